The highest BCUT2D eigenvalue weighted by Crippen LogP contribution is 2.02. The second-order valence-electron chi connectivity index (χ2n) is 2.58. The minimum Gasteiger partial charge on any atom is -0.364 e. The van der Waals surface area contributed by atoms with Gasteiger partial charge in [-0.3, -0.25) is 4.79 Å². The van der Waals surface area contributed by atoms with Gasteiger partial charge < -0.3 is 5.73 Å². The lowest BCUT2D eigenvalue weighted by atomic mass is 10.3. The van der Waals surface area contributed by atoms with Gasteiger partial charge in [0.05, 0.1) is 18.6 Å². The Morgan fingerprint density at radius 1 is 1.25 bits per heavy atom. The fourth-order valence-corrected chi connectivity index (χ4v) is 0.999. The lowest BCUT2D eigenvalue weighted by Crippen LogP contribution is -2.13. The first-order valence-corrected chi connectivity index (χ1v) is 4.90. The number of nitrogens with zero attached hydrogens (tertiary/aromatic N) is 4. The summed E-state index contributed by atoms with van der Waals surface area (Å²) >= 11 is 0. The molecule has 0 aliphatic heterocycles. The van der Waals surface area contributed by atoms with Crippen molar-refractivity contribution >= 4 is 5.91 Å². The number of carbonyl (C=O) groups is 1. The van der Waals surface area contributed by atoms with Crippen LogP contribution in [0.25, 0.3) is 5.69 Å². The number of primary amides is 1. The maximum Gasteiger partial charge on any atom is 0.267 e. The molecule has 16 heavy (non-hydrogen) atoms. The predicted octanol–water partition coefficient (Wildman–Crippen LogP) is 0.787. The van der Waals surface area contributed by atoms with Gasteiger partial charge in [0.1, 0.15) is 11.4 Å². The molecule has 0 atom stereocenters. The van der Waals surface area contributed by atoms with E-state index in [4.69, 9.17) is 5.73 Å². The van der Waals surface area contributed by atoms with E-state index in [1.54, 1.807) is 18.5 Å². The summed E-state index contributed by atoms with van der Waals surface area (Å²) in [4.78, 5) is 16.0. The highest BCUT2D eigenvalue weighted by atomic mass is 16.1. The van der Waals surface area contributed by atoms with Crippen molar-refractivity contribution in [3.05, 3.63) is 36.4 Å². The number of amides is 1. The van der Waals surface area contributed by atoms with Crippen molar-refractivity contribution < 1.29 is 4.79 Å². The van der Waals surface area contributed by atoms with Gasteiger partial charge in [0.25, 0.3) is 5.91 Å². The van der Waals surface area contributed by atoms with E-state index in [1.165, 1.54) is 17.1 Å². The van der Waals surface area contributed by atoms with Gasteiger partial charge in [-0.05, 0) is 12.1 Å². The summed E-state index contributed by atoms with van der Waals surface area (Å²) in [6.07, 6.45) is 4.60. The summed E-state index contributed by atoms with van der Waals surface area (Å²) in [6, 6.07) is 3.20. The maximum absolute atomic E-state index is 10.7. The van der Waals surface area contributed by atoms with Crippen LogP contribution in [0.1, 0.15) is 24.3 Å². The Bertz CT molecular complexity index is 435. The minimum absolute atomic E-state index is 0.223. The Balaban J connectivity index is 0.000000606. The molecule has 2 rings (SSSR count). The molecule has 0 radical (unpaired) electrons. The molecular weight excluding hydrogens is 206 g/mol. The van der Waals surface area contributed by atoms with Gasteiger partial charge in [-0.15, -0.1) is 0 Å². The number of hydrogen-bond acceptors (Lipinski definition) is 4. The molecule has 0 fully saturated rings. The highest BCUT2D eigenvalue weighted by Gasteiger charge is 2.02. The standard InChI is InChI=1S/C8H7N5O.C2H6/c9-8(14)7-2-1-6(5-10-7)13-11-3-4-12-13;1-2/h1-5H,(H2,9,14);1-2H3. The molecule has 2 heterocycles. The fraction of sp³-hybridized carbons (Fsp3) is 0.200. The van der Waals surface area contributed by atoms with Crippen molar-refractivity contribution in [2.45, 2.75) is 13.8 Å². The summed E-state index contributed by atoms with van der Waals surface area (Å²) in [5.74, 6) is -0.551. The third kappa shape index (κ3) is 2.63. The van der Waals surface area contributed by atoms with Gasteiger partial charge in [0, 0.05) is 0 Å². The van der Waals surface area contributed by atoms with Gasteiger partial charge in [0.15, 0.2) is 0 Å². The molecule has 0 unspecified atom stereocenters. The van der Waals surface area contributed by atoms with Crippen LogP contribution < -0.4 is 5.73 Å². The van der Waals surface area contributed by atoms with Crippen LogP contribution in [0.3, 0.4) is 0 Å². The SMILES string of the molecule is CC.NC(=O)c1ccc(-n2nccn2)cn1. The molecule has 2 aromatic rings. The number of hydrogen-bond donors (Lipinski definition) is 1. The van der Waals surface area contributed by atoms with E-state index >= 15 is 0 Å². The largest absolute Gasteiger partial charge is 0.364 e. The average Bonchev–Trinajstić information content (AvgIpc) is 2.85. The Labute approximate surface area is 93.1 Å². The van der Waals surface area contributed by atoms with Gasteiger partial charge in [-0.25, -0.2) is 4.98 Å². The molecule has 2 N–H and O–H groups in total. The third-order valence-corrected chi connectivity index (χ3v) is 1.65. The van der Waals surface area contributed by atoms with E-state index in [1.807, 2.05) is 13.8 Å². The molecular formula is C10H13N5O. The molecule has 1 amide bonds. The highest BCUT2D eigenvalue weighted by molar-refractivity contribution is 5.90. The van der Waals surface area contributed by atoms with E-state index in [0.29, 0.717) is 5.69 Å². The smallest absolute Gasteiger partial charge is 0.267 e. The van der Waals surface area contributed by atoms with E-state index in [0.717, 1.165) is 0 Å². The molecule has 84 valence electrons. The summed E-state index contributed by atoms with van der Waals surface area (Å²) in [7, 11) is 0. The molecule has 0 saturated carbocycles. The number of pyridine rings is 1. The Kier molecular flexibility index (Phi) is 4.14. The van der Waals surface area contributed by atoms with Crippen molar-refractivity contribution in [3.8, 4) is 5.69 Å². The van der Waals surface area contributed by atoms with Crippen molar-refractivity contribution in [2.24, 2.45) is 5.73 Å². The number of rotatable bonds is 2. The van der Waals surface area contributed by atoms with Crippen LogP contribution in [0, 0.1) is 0 Å². The van der Waals surface area contributed by atoms with Crippen molar-refractivity contribution in [2.75, 3.05) is 0 Å². The van der Waals surface area contributed by atoms with Crippen LogP contribution in [0.5, 0.6) is 0 Å². The molecule has 0 spiro atoms. The van der Waals surface area contributed by atoms with Crippen molar-refractivity contribution in [3.63, 3.8) is 0 Å². The monoisotopic (exact) mass is 219 g/mol. The zero-order chi connectivity index (χ0) is 12.0. The van der Waals surface area contributed by atoms with E-state index in [9.17, 15) is 4.79 Å². The van der Waals surface area contributed by atoms with Crippen LogP contribution in [-0.2, 0) is 0 Å². The van der Waals surface area contributed by atoms with E-state index < -0.39 is 5.91 Å². The molecule has 6 heteroatoms. The van der Waals surface area contributed by atoms with Gasteiger partial charge in [-0.1, -0.05) is 13.8 Å². The first kappa shape index (κ1) is 11.8. The number of aromatic nitrogens is 4. The van der Waals surface area contributed by atoms with Gasteiger partial charge >= 0.3 is 0 Å². The number of carbonyl (C=O) groups excluding carboxylic acids is 1. The van der Waals surface area contributed by atoms with E-state index in [-0.39, 0.29) is 5.69 Å². The Hall–Kier alpha value is -2.24. The van der Waals surface area contributed by atoms with E-state index in [2.05, 4.69) is 15.2 Å². The lowest BCUT2D eigenvalue weighted by molar-refractivity contribution is 0.0995. The zero-order valence-corrected chi connectivity index (χ0v) is 9.16. The van der Waals surface area contributed by atoms with Crippen molar-refractivity contribution in [1.29, 1.82) is 0 Å². The quantitative estimate of drug-likeness (QED) is 0.808. The van der Waals surface area contributed by atoms with Crippen LogP contribution in [0.15, 0.2) is 30.7 Å². The van der Waals surface area contributed by atoms with Gasteiger partial charge in [-0.2, -0.15) is 15.0 Å². The summed E-state index contributed by atoms with van der Waals surface area (Å²) < 4.78 is 0. The van der Waals surface area contributed by atoms with Crippen molar-refractivity contribution in [1.82, 2.24) is 20.0 Å². The summed E-state index contributed by atoms with van der Waals surface area (Å²) in [5.41, 5.74) is 5.95. The minimum atomic E-state index is -0.551. The normalized spacial score (nSPS) is 9.12. The lowest BCUT2D eigenvalue weighted by Gasteiger charge is -1.98. The molecule has 0 saturated heterocycles. The maximum atomic E-state index is 10.7. The average molecular weight is 219 g/mol. The van der Waals surface area contributed by atoms with Crippen LogP contribution in [0.2, 0.25) is 0 Å². The summed E-state index contributed by atoms with van der Waals surface area (Å²) in [5, 5.41) is 7.82. The van der Waals surface area contributed by atoms with Gasteiger partial charge in [0.2, 0.25) is 0 Å². The molecule has 2 aromatic heterocycles. The Morgan fingerprint density at radius 2 is 1.88 bits per heavy atom. The second-order valence-corrected chi connectivity index (χ2v) is 2.58. The molecule has 0 bridgehead atoms. The number of nitrogens with two attached hydrogens (primary N) is 1. The molecule has 0 aromatic carbocycles. The summed E-state index contributed by atoms with van der Waals surface area (Å²) in [6.45, 7) is 4.00. The second kappa shape index (κ2) is 5.59. The molecule has 0 aliphatic carbocycles. The molecule has 6 nitrogen and oxygen atoms in total. The predicted molar refractivity (Wildman–Crippen MR) is 59.0 cm³/mol. The van der Waals surface area contributed by atoms with Crippen LogP contribution in [0.4, 0.5) is 0 Å². The first-order chi connectivity index (χ1) is 7.77. The van der Waals surface area contributed by atoms with Crippen LogP contribution >= 0.6 is 0 Å². The van der Waals surface area contributed by atoms with Crippen LogP contribution in [-0.4, -0.2) is 25.9 Å². The molecule has 0 aliphatic rings. The third-order valence-electron chi connectivity index (χ3n) is 1.65. The fourth-order valence-electron chi connectivity index (χ4n) is 0.999. The Morgan fingerprint density at radius 3 is 2.31 bits per heavy atom. The topological polar surface area (TPSA) is 86.7 Å². The zero-order valence-electron chi connectivity index (χ0n) is 9.16. The first-order valence-electron chi connectivity index (χ1n) is 4.90.